The summed E-state index contributed by atoms with van der Waals surface area (Å²) in [5.41, 5.74) is 2.32. The standard InChI is InChI=1S/C18H28FN/c1-13-10-15(19)12-17(11-13)20-16-7-5-6-14(8-9-16)18(2,3)4/h10-12,14,16,20H,5-9H2,1-4H3. The summed E-state index contributed by atoms with van der Waals surface area (Å²) in [5, 5.41) is 3.53. The quantitative estimate of drug-likeness (QED) is 0.700. The van der Waals surface area contributed by atoms with Crippen LogP contribution in [0.25, 0.3) is 0 Å². The van der Waals surface area contributed by atoms with E-state index in [9.17, 15) is 4.39 Å². The van der Waals surface area contributed by atoms with Gasteiger partial charge in [0.25, 0.3) is 0 Å². The van der Waals surface area contributed by atoms with Crippen molar-refractivity contribution < 1.29 is 4.39 Å². The smallest absolute Gasteiger partial charge is 0.125 e. The van der Waals surface area contributed by atoms with Gasteiger partial charge < -0.3 is 5.32 Å². The lowest BCUT2D eigenvalue weighted by Gasteiger charge is -2.29. The van der Waals surface area contributed by atoms with Gasteiger partial charge in [0.15, 0.2) is 0 Å². The summed E-state index contributed by atoms with van der Waals surface area (Å²) < 4.78 is 13.4. The summed E-state index contributed by atoms with van der Waals surface area (Å²) in [6.07, 6.45) is 6.26. The number of halogens is 1. The Labute approximate surface area is 123 Å². The van der Waals surface area contributed by atoms with Gasteiger partial charge in [0.2, 0.25) is 0 Å². The normalized spacial score (nSPS) is 24.2. The van der Waals surface area contributed by atoms with Gasteiger partial charge in [-0.3, -0.25) is 0 Å². The molecule has 0 amide bonds. The lowest BCUT2D eigenvalue weighted by Crippen LogP contribution is -2.21. The van der Waals surface area contributed by atoms with E-state index < -0.39 is 0 Å². The first-order chi connectivity index (χ1) is 9.34. The molecule has 20 heavy (non-hydrogen) atoms. The molecule has 0 aliphatic heterocycles. The minimum Gasteiger partial charge on any atom is -0.382 e. The molecule has 1 aliphatic rings. The average Bonchev–Trinajstić information content (AvgIpc) is 2.52. The summed E-state index contributed by atoms with van der Waals surface area (Å²) in [4.78, 5) is 0. The number of nitrogens with one attached hydrogen (secondary N) is 1. The third kappa shape index (κ3) is 4.22. The molecule has 2 rings (SSSR count). The molecule has 0 aromatic heterocycles. The molecule has 1 aliphatic carbocycles. The third-order valence-corrected chi connectivity index (χ3v) is 4.61. The van der Waals surface area contributed by atoms with E-state index in [1.165, 1.54) is 32.1 Å². The second-order valence-corrected chi connectivity index (χ2v) is 7.43. The van der Waals surface area contributed by atoms with E-state index in [0.29, 0.717) is 11.5 Å². The second-order valence-electron chi connectivity index (χ2n) is 7.43. The molecular formula is C18H28FN. The summed E-state index contributed by atoms with van der Waals surface area (Å²) in [7, 11) is 0. The van der Waals surface area contributed by atoms with Crippen LogP contribution < -0.4 is 5.32 Å². The Morgan fingerprint density at radius 2 is 1.80 bits per heavy atom. The molecule has 112 valence electrons. The first-order valence-electron chi connectivity index (χ1n) is 7.88. The lowest BCUT2D eigenvalue weighted by atomic mass is 9.76. The Hall–Kier alpha value is -1.05. The van der Waals surface area contributed by atoms with Gasteiger partial charge in [0.05, 0.1) is 0 Å². The Bertz CT molecular complexity index is 427. The Balaban J connectivity index is 1.97. The molecule has 2 unspecified atom stereocenters. The fraction of sp³-hybridized carbons (Fsp3) is 0.667. The molecule has 0 bridgehead atoms. The second kappa shape index (κ2) is 6.15. The number of aryl methyl sites for hydroxylation is 1. The molecule has 2 heteroatoms. The SMILES string of the molecule is Cc1cc(F)cc(NC2CCCC(C(C)(C)C)CC2)c1. The maximum absolute atomic E-state index is 13.4. The van der Waals surface area contributed by atoms with Crippen molar-refractivity contribution in [3.05, 3.63) is 29.6 Å². The van der Waals surface area contributed by atoms with E-state index in [1.807, 2.05) is 13.0 Å². The minimum atomic E-state index is -0.145. The summed E-state index contributed by atoms with van der Waals surface area (Å²) in [6, 6.07) is 5.71. The zero-order valence-electron chi connectivity index (χ0n) is 13.3. The van der Waals surface area contributed by atoms with Crippen LogP contribution >= 0.6 is 0 Å². The van der Waals surface area contributed by atoms with Gasteiger partial charge in [0, 0.05) is 11.7 Å². The average molecular weight is 277 g/mol. The highest BCUT2D eigenvalue weighted by molar-refractivity contribution is 5.46. The van der Waals surface area contributed by atoms with Gasteiger partial charge in [-0.15, -0.1) is 0 Å². The van der Waals surface area contributed by atoms with Crippen molar-refractivity contribution in [1.82, 2.24) is 0 Å². The maximum atomic E-state index is 13.4. The number of benzene rings is 1. The molecule has 1 nitrogen and oxygen atoms in total. The van der Waals surface area contributed by atoms with Crippen LogP contribution in [0.1, 0.15) is 58.4 Å². The summed E-state index contributed by atoms with van der Waals surface area (Å²) >= 11 is 0. The highest BCUT2D eigenvalue weighted by Crippen LogP contribution is 2.37. The molecular weight excluding hydrogens is 249 g/mol. The zero-order valence-corrected chi connectivity index (χ0v) is 13.3. The van der Waals surface area contributed by atoms with Crippen molar-refractivity contribution in [2.24, 2.45) is 11.3 Å². The van der Waals surface area contributed by atoms with E-state index in [0.717, 1.165) is 17.2 Å². The highest BCUT2D eigenvalue weighted by atomic mass is 19.1. The van der Waals surface area contributed by atoms with Gasteiger partial charge in [0.1, 0.15) is 5.82 Å². The highest BCUT2D eigenvalue weighted by Gasteiger charge is 2.27. The molecule has 1 fully saturated rings. The monoisotopic (exact) mass is 277 g/mol. The van der Waals surface area contributed by atoms with Crippen LogP contribution in [0, 0.1) is 24.1 Å². The van der Waals surface area contributed by atoms with Gasteiger partial charge >= 0.3 is 0 Å². The van der Waals surface area contributed by atoms with Crippen LogP contribution in [0.2, 0.25) is 0 Å². The molecule has 1 N–H and O–H groups in total. The first kappa shape index (κ1) is 15.3. The number of anilines is 1. The zero-order chi connectivity index (χ0) is 14.8. The van der Waals surface area contributed by atoms with E-state index in [-0.39, 0.29) is 5.82 Å². The van der Waals surface area contributed by atoms with Crippen molar-refractivity contribution in [2.45, 2.75) is 65.8 Å². The topological polar surface area (TPSA) is 12.0 Å². The van der Waals surface area contributed by atoms with Crippen LogP contribution in [0.4, 0.5) is 10.1 Å². The molecule has 0 radical (unpaired) electrons. The largest absolute Gasteiger partial charge is 0.382 e. The van der Waals surface area contributed by atoms with Crippen molar-refractivity contribution in [3.63, 3.8) is 0 Å². The predicted molar refractivity (Wildman–Crippen MR) is 84.6 cm³/mol. The van der Waals surface area contributed by atoms with Gasteiger partial charge in [-0.2, -0.15) is 0 Å². The lowest BCUT2D eigenvalue weighted by molar-refractivity contribution is 0.214. The summed E-state index contributed by atoms with van der Waals surface area (Å²) in [6.45, 7) is 8.99. The van der Waals surface area contributed by atoms with Crippen molar-refractivity contribution in [2.75, 3.05) is 5.32 Å². The van der Waals surface area contributed by atoms with Crippen molar-refractivity contribution in [3.8, 4) is 0 Å². The molecule has 2 atom stereocenters. The maximum Gasteiger partial charge on any atom is 0.125 e. The Morgan fingerprint density at radius 3 is 2.45 bits per heavy atom. The van der Waals surface area contributed by atoms with Crippen molar-refractivity contribution in [1.29, 1.82) is 0 Å². The van der Waals surface area contributed by atoms with Crippen LogP contribution in [0.5, 0.6) is 0 Å². The molecule has 0 spiro atoms. The Kier molecular flexibility index (Phi) is 4.72. The molecule has 1 saturated carbocycles. The molecule has 0 heterocycles. The van der Waals surface area contributed by atoms with E-state index in [2.05, 4.69) is 26.1 Å². The number of rotatable bonds is 2. The molecule has 1 aromatic carbocycles. The molecule has 1 aromatic rings. The van der Waals surface area contributed by atoms with E-state index in [4.69, 9.17) is 0 Å². The van der Waals surface area contributed by atoms with Crippen molar-refractivity contribution >= 4 is 5.69 Å². The van der Waals surface area contributed by atoms with Gasteiger partial charge in [-0.05, 0) is 67.7 Å². The number of hydrogen-bond donors (Lipinski definition) is 1. The van der Waals surface area contributed by atoms with Crippen LogP contribution in [-0.2, 0) is 0 Å². The third-order valence-electron chi connectivity index (χ3n) is 4.61. The van der Waals surface area contributed by atoms with E-state index >= 15 is 0 Å². The first-order valence-corrected chi connectivity index (χ1v) is 7.88. The van der Waals surface area contributed by atoms with Gasteiger partial charge in [-0.25, -0.2) is 4.39 Å². The molecule has 0 saturated heterocycles. The fourth-order valence-electron chi connectivity index (χ4n) is 3.37. The minimum absolute atomic E-state index is 0.145. The van der Waals surface area contributed by atoms with E-state index in [1.54, 1.807) is 12.1 Å². The van der Waals surface area contributed by atoms with Crippen LogP contribution in [-0.4, -0.2) is 6.04 Å². The van der Waals surface area contributed by atoms with Crippen LogP contribution in [0.15, 0.2) is 18.2 Å². The van der Waals surface area contributed by atoms with Gasteiger partial charge in [-0.1, -0.05) is 27.2 Å². The summed E-state index contributed by atoms with van der Waals surface area (Å²) in [5.74, 6) is 0.664. The Morgan fingerprint density at radius 1 is 1.05 bits per heavy atom. The number of hydrogen-bond acceptors (Lipinski definition) is 1. The predicted octanol–water partition coefficient (Wildman–Crippen LogP) is 5.54. The fourth-order valence-corrected chi connectivity index (χ4v) is 3.37. The van der Waals surface area contributed by atoms with Crippen LogP contribution in [0.3, 0.4) is 0 Å².